The molecule has 0 saturated carbocycles. The fourth-order valence-electron chi connectivity index (χ4n) is 2.85. The summed E-state index contributed by atoms with van der Waals surface area (Å²) >= 11 is 1.39. The molecule has 9 nitrogen and oxygen atoms in total. The molecule has 10 heteroatoms. The summed E-state index contributed by atoms with van der Waals surface area (Å²) in [6, 6.07) is 7.30. The number of nitrogens with zero attached hydrogens (tertiary/aromatic N) is 8. The van der Waals surface area contributed by atoms with Crippen LogP contribution in [0, 0.1) is 11.3 Å². The van der Waals surface area contributed by atoms with Gasteiger partial charge in [0.1, 0.15) is 11.5 Å². The number of hydrogen-bond donors (Lipinski definition) is 0. The lowest BCUT2D eigenvalue weighted by Crippen LogP contribution is -2.22. The summed E-state index contributed by atoms with van der Waals surface area (Å²) in [6.07, 6.45) is 8.11. The van der Waals surface area contributed by atoms with E-state index in [9.17, 15) is 4.79 Å². The minimum absolute atomic E-state index is 0.0856. The van der Waals surface area contributed by atoms with E-state index in [0.29, 0.717) is 33.3 Å². The highest BCUT2D eigenvalue weighted by molar-refractivity contribution is 7.98. The van der Waals surface area contributed by atoms with E-state index in [0.717, 1.165) is 0 Å². The summed E-state index contributed by atoms with van der Waals surface area (Å²) < 4.78 is 3.17. The Bertz CT molecular complexity index is 1320. The molecule has 0 N–H and O–H groups in total. The van der Waals surface area contributed by atoms with Gasteiger partial charge in [-0.3, -0.25) is 4.79 Å². The summed E-state index contributed by atoms with van der Waals surface area (Å²) in [6.45, 7) is 4.03. The van der Waals surface area contributed by atoms with Crippen LogP contribution in [0.3, 0.4) is 0 Å². The molecule has 29 heavy (non-hydrogen) atoms. The van der Waals surface area contributed by atoms with Crippen LogP contribution in [0.1, 0.15) is 5.82 Å². The SMILES string of the molecule is C=CCn1c(=O)c2cnc(SC)nc2n1-c1cccc(-c2cnc(C#N)nc2)n1. The van der Waals surface area contributed by atoms with Crippen molar-refractivity contribution in [2.75, 3.05) is 6.26 Å². The first-order valence-corrected chi connectivity index (χ1v) is 9.72. The van der Waals surface area contributed by atoms with Gasteiger partial charge >= 0.3 is 0 Å². The molecule has 4 aromatic heterocycles. The molecule has 0 fully saturated rings. The summed E-state index contributed by atoms with van der Waals surface area (Å²) in [7, 11) is 0. The van der Waals surface area contributed by atoms with Crippen molar-refractivity contribution in [2.24, 2.45) is 0 Å². The predicted molar refractivity (Wildman–Crippen MR) is 109 cm³/mol. The van der Waals surface area contributed by atoms with Gasteiger partial charge in [-0.25, -0.2) is 34.3 Å². The summed E-state index contributed by atoms with van der Waals surface area (Å²) in [5, 5.41) is 9.83. The number of hydrogen-bond acceptors (Lipinski definition) is 8. The maximum atomic E-state index is 12.9. The number of pyridine rings is 1. The number of nitriles is 1. The lowest BCUT2D eigenvalue weighted by molar-refractivity contribution is 0.596. The van der Waals surface area contributed by atoms with Crippen LogP contribution >= 0.6 is 11.8 Å². The Balaban J connectivity index is 1.94. The molecule has 0 spiro atoms. The third-order valence-corrected chi connectivity index (χ3v) is 4.70. The van der Waals surface area contributed by atoms with E-state index in [2.05, 4.69) is 31.5 Å². The van der Waals surface area contributed by atoms with Crippen molar-refractivity contribution in [3.63, 3.8) is 0 Å². The molecule has 0 saturated heterocycles. The van der Waals surface area contributed by atoms with E-state index >= 15 is 0 Å². The molecular formula is C19H14N8OS. The van der Waals surface area contributed by atoms with Crippen LogP contribution in [0.25, 0.3) is 28.1 Å². The second-order valence-corrected chi connectivity index (χ2v) is 6.64. The Hall–Kier alpha value is -3.84. The molecular weight excluding hydrogens is 388 g/mol. The van der Waals surface area contributed by atoms with Crippen LogP contribution in [0.2, 0.25) is 0 Å². The van der Waals surface area contributed by atoms with Crippen LogP contribution in [-0.4, -0.2) is 40.5 Å². The van der Waals surface area contributed by atoms with Crippen molar-refractivity contribution in [3.8, 4) is 23.1 Å². The van der Waals surface area contributed by atoms with Crippen molar-refractivity contribution in [1.29, 1.82) is 5.26 Å². The third kappa shape index (κ3) is 3.28. The molecule has 4 heterocycles. The first kappa shape index (κ1) is 18.5. The topological polar surface area (TPSA) is 115 Å². The van der Waals surface area contributed by atoms with Crippen LogP contribution < -0.4 is 5.56 Å². The highest BCUT2D eigenvalue weighted by Crippen LogP contribution is 2.20. The van der Waals surface area contributed by atoms with E-state index in [1.165, 1.54) is 35.0 Å². The minimum atomic E-state index is -0.221. The van der Waals surface area contributed by atoms with Crippen molar-refractivity contribution < 1.29 is 0 Å². The number of aromatic nitrogens is 7. The second-order valence-electron chi connectivity index (χ2n) is 5.87. The second kappa shape index (κ2) is 7.65. The van der Waals surface area contributed by atoms with Gasteiger partial charge in [0.15, 0.2) is 16.6 Å². The van der Waals surface area contributed by atoms with Crippen LogP contribution in [0.4, 0.5) is 0 Å². The molecule has 4 rings (SSSR count). The van der Waals surface area contributed by atoms with Crippen molar-refractivity contribution in [2.45, 2.75) is 11.7 Å². The van der Waals surface area contributed by atoms with Crippen LogP contribution in [-0.2, 0) is 6.54 Å². The number of rotatable bonds is 5. The van der Waals surface area contributed by atoms with Gasteiger partial charge in [-0.05, 0) is 18.4 Å². The average molecular weight is 402 g/mol. The smallest absolute Gasteiger partial charge is 0.267 e. The molecule has 0 amide bonds. The fraction of sp³-hybridized carbons (Fsp3) is 0.105. The summed E-state index contributed by atoms with van der Waals surface area (Å²) in [5.41, 5.74) is 1.50. The Morgan fingerprint density at radius 3 is 2.69 bits per heavy atom. The summed E-state index contributed by atoms with van der Waals surface area (Å²) in [4.78, 5) is 34.2. The molecule has 4 aromatic rings. The minimum Gasteiger partial charge on any atom is -0.267 e. The summed E-state index contributed by atoms with van der Waals surface area (Å²) in [5.74, 6) is 0.592. The monoisotopic (exact) mass is 402 g/mol. The highest BCUT2D eigenvalue weighted by Gasteiger charge is 2.18. The highest BCUT2D eigenvalue weighted by atomic mass is 32.2. The van der Waals surface area contributed by atoms with Crippen LogP contribution in [0.5, 0.6) is 0 Å². The van der Waals surface area contributed by atoms with E-state index in [4.69, 9.17) is 5.26 Å². The zero-order valence-corrected chi connectivity index (χ0v) is 16.2. The van der Waals surface area contributed by atoms with E-state index < -0.39 is 0 Å². The zero-order chi connectivity index (χ0) is 20.4. The van der Waals surface area contributed by atoms with Crippen molar-refractivity contribution in [3.05, 3.63) is 65.6 Å². The Morgan fingerprint density at radius 1 is 1.21 bits per heavy atom. The maximum absolute atomic E-state index is 12.9. The molecule has 0 aliphatic rings. The van der Waals surface area contributed by atoms with Crippen LogP contribution in [0.15, 0.2) is 59.4 Å². The molecule has 0 atom stereocenters. The quantitative estimate of drug-likeness (QED) is 0.283. The predicted octanol–water partition coefficient (Wildman–Crippen LogP) is 2.21. The lowest BCUT2D eigenvalue weighted by atomic mass is 10.2. The Labute approximate surface area is 169 Å². The fourth-order valence-corrected chi connectivity index (χ4v) is 3.19. The molecule has 0 aliphatic heterocycles. The number of allylic oxidation sites excluding steroid dienone is 1. The standard InChI is InChI=1S/C19H14N8OS/c1-3-7-26-18(28)13-11-23-19(29-2)25-17(13)27(26)16-6-4-5-14(24-16)12-9-21-15(8-20)22-10-12/h3-6,9-11H,1,7H2,2H3. The molecule has 0 bridgehead atoms. The Kier molecular flexibility index (Phi) is 4.88. The van der Waals surface area contributed by atoms with E-state index in [1.807, 2.05) is 18.4 Å². The van der Waals surface area contributed by atoms with E-state index in [-0.39, 0.29) is 17.9 Å². The first-order chi connectivity index (χ1) is 14.2. The molecule has 0 radical (unpaired) electrons. The third-order valence-electron chi connectivity index (χ3n) is 4.14. The number of thioether (sulfide) groups is 1. The van der Waals surface area contributed by atoms with Gasteiger partial charge in [0, 0.05) is 24.2 Å². The lowest BCUT2D eigenvalue weighted by Gasteiger charge is -2.11. The van der Waals surface area contributed by atoms with Gasteiger partial charge in [0.2, 0.25) is 5.82 Å². The number of fused-ring (bicyclic) bond motifs is 1. The van der Waals surface area contributed by atoms with Gasteiger partial charge in [0.25, 0.3) is 5.56 Å². The largest absolute Gasteiger partial charge is 0.278 e. The van der Waals surface area contributed by atoms with Gasteiger partial charge in [-0.2, -0.15) is 5.26 Å². The van der Waals surface area contributed by atoms with Gasteiger partial charge in [0.05, 0.1) is 12.2 Å². The molecule has 142 valence electrons. The zero-order valence-electron chi connectivity index (χ0n) is 15.3. The first-order valence-electron chi connectivity index (χ1n) is 8.49. The Morgan fingerprint density at radius 2 is 2.00 bits per heavy atom. The maximum Gasteiger partial charge on any atom is 0.278 e. The normalized spacial score (nSPS) is 10.8. The van der Waals surface area contributed by atoms with Crippen molar-refractivity contribution in [1.82, 2.24) is 34.3 Å². The van der Waals surface area contributed by atoms with Gasteiger partial charge in [-0.15, -0.1) is 6.58 Å². The van der Waals surface area contributed by atoms with Gasteiger partial charge in [-0.1, -0.05) is 23.9 Å². The molecule has 0 aliphatic carbocycles. The van der Waals surface area contributed by atoms with Gasteiger partial charge < -0.3 is 0 Å². The van der Waals surface area contributed by atoms with E-state index in [1.54, 1.807) is 22.9 Å². The molecule has 0 aromatic carbocycles. The average Bonchev–Trinajstić information content (AvgIpc) is 3.05. The van der Waals surface area contributed by atoms with Crippen molar-refractivity contribution >= 4 is 22.8 Å². The molecule has 0 unspecified atom stereocenters.